The summed E-state index contributed by atoms with van der Waals surface area (Å²) in [7, 11) is 0. The van der Waals surface area contributed by atoms with Crippen LogP contribution < -0.4 is 11.1 Å². The van der Waals surface area contributed by atoms with Gasteiger partial charge in [-0.05, 0) is 42.7 Å². The van der Waals surface area contributed by atoms with Gasteiger partial charge in [-0.15, -0.1) is 0 Å². The number of hydrogen-bond acceptors (Lipinski definition) is 6. The molecule has 0 bridgehead atoms. The highest BCUT2D eigenvalue weighted by Crippen LogP contribution is 2.33. The Labute approximate surface area is 219 Å². The number of fused-ring (bicyclic) bond motifs is 1. The molecule has 2 amide bonds. The van der Waals surface area contributed by atoms with E-state index in [-0.39, 0.29) is 17.9 Å². The van der Waals surface area contributed by atoms with E-state index in [2.05, 4.69) is 21.9 Å². The van der Waals surface area contributed by atoms with Crippen LogP contribution in [0.5, 0.6) is 0 Å². The molecule has 2 aromatic carbocycles. The molecule has 0 radical (unpaired) electrons. The number of carbonyl (C=O) groups is 2. The van der Waals surface area contributed by atoms with Gasteiger partial charge in [0.25, 0.3) is 5.91 Å². The number of benzene rings is 2. The second-order valence-electron chi connectivity index (χ2n) is 8.93. The molecule has 0 unspecified atom stereocenters. The van der Waals surface area contributed by atoms with Crippen LogP contribution in [0.25, 0.3) is 22.3 Å². The Kier molecular flexibility index (Phi) is 6.87. The Morgan fingerprint density at radius 2 is 2.00 bits per heavy atom. The van der Waals surface area contributed by atoms with Crippen molar-refractivity contribution < 1.29 is 9.59 Å². The third-order valence-electron chi connectivity index (χ3n) is 6.51. The molecular weight excluding hydrogens is 490 g/mol. The highest BCUT2D eigenvalue weighted by atomic mass is 35.5. The maximum Gasteiger partial charge on any atom is 0.251 e. The van der Waals surface area contributed by atoms with E-state index in [1.165, 1.54) is 12.4 Å². The number of nitrogens with one attached hydrogen (secondary N) is 1. The molecule has 5 rings (SSSR count). The summed E-state index contributed by atoms with van der Waals surface area (Å²) in [5.41, 5.74) is 9.87. The molecule has 4 aromatic rings. The van der Waals surface area contributed by atoms with Gasteiger partial charge in [0.15, 0.2) is 5.65 Å². The zero-order valence-electron chi connectivity index (χ0n) is 20.1. The van der Waals surface area contributed by atoms with E-state index in [4.69, 9.17) is 22.4 Å². The lowest BCUT2D eigenvalue weighted by atomic mass is 10.1. The van der Waals surface area contributed by atoms with E-state index in [1.807, 2.05) is 28.9 Å². The smallest absolute Gasteiger partial charge is 0.251 e. The fraction of sp³-hybridized carbons (Fsp3) is 0.222. The van der Waals surface area contributed by atoms with E-state index in [0.717, 1.165) is 24.0 Å². The van der Waals surface area contributed by atoms with E-state index in [0.29, 0.717) is 52.8 Å². The maximum atomic E-state index is 12.4. The third-order valence-corrected chi connectivity index (χ3v) is 6.75. The molecule has 1 atom stereocenters. The number of likely N-dealkylation sites (tertiary alicyclic amines) is 1. The van der Waals surface area contributed by atoms with Crippen LogP contribution in [0.4, 0.5) is 5.82 Å². The van der Waals surface area contributed by atoms with Gasteiger partial charge in [-0.3, -0.25) is 9.59 Å². The van der Waals surface area contributed by atoms with Crippen LogP contribution in [-0.2, 0) is 11.3 Å². The molecule has 0 aliphatic carbocycles. The van der Waals surface area contributed by atoms with Crippen LogP contribution in [0, 0.1) is 0 Å². The van der Waals surface area contributed by atoms with Gasteiger partial charge in [0.2, 0.25) is 5.91 Å². The minimum absolute atomic E-state index is 0.0378. The van der Waals surface area contributed by atoms with Crippen molar-refractivity contribution in [2.24, 2.45) is 0 Å². The van der Waals surface area contributed by atoms with Gasteiger partial charge in [0.1, 0.15) is 17.8 Å². The van der Waals surface area contributed by atoms with Crippen LogP contribution in [0.1, 0.15) is 34.8 Å². The average molecular weight is 516 g/mol. The number of amides is 2. The zero-order chi connectivity index (χ0) is 25.9. The lowest BCUT2D eigenvalue weighted by Crippen LogP contribution is -2.40. The highest BCUT2D eigenvalue weighted by Gasteiger charge is 2.28. The third kappa shape index (κ3) is 5.03. The molecule has 1 saturated heterocycles. The number of piperidine rings is 1. The lowest BCUT2D eigenvalue weighted by Gasteiger charge is -2.32. The van der Waals surface area contributed by atoms with Crippen molar-refractivity contribution in [2.75, 3.05) is 18.8 Å². The number of nitrogens with two attached hydrogens (primary N) is 1. The molecular formula is C27H26ClN7O2. The van der Waals surface area contributed by atoms with Crippen LogP contribution in [-0.4, -0.2) is 49.6 Å². The molecule has 0 saturated carbocycles. The average Bonchev–Trinajstić information content (AvgIpc) is 3.32. The fourth-order valence-corrected chi connectivity index (χ4v) is 4.82. The first-order chi connectivity index (χ1) is 17.9. The Morgan fingerprint density at radius 3 is 2.76 bits per heavy atom. The van der Waals surface area contributed by atoms with Crippen LogP contribution in [0.15, 0.2) is 67.5 Å². The van der Waals surface area contributed by atoms with Crippen LogP contribution >= 0.6 is 11.6 Å². The summed E-state index contributed by atoms with van der Waals surface area (Å²) < 4.78 is 1.87. The fourth-order valence-electron chi connectivity index (χ4n) is 4.63. The monoisotopic (exact) mass is 515 g/mol. The first-order valence-electron chi connectivity index (χ1n) is 12.0. The summed E-state index contributed by atoms with van der Waals surface area (Å²) in [5.74, 6) is 0.0604. The van der Waals surface area contributed by atoms with Crippen molar-refractivity contribution in [3.05, 3.63) is 83.7 Å². The molecule has 2 aromatic heterocycles. The number of halogens is 1. The Bertz CT molecular complexity index is 1480. The van der Waals surface area contributed by atoms with Gasteiger partial charge >= 0.3 is 0 Å². The summed E-state index contributed by atoms with van der Waals surface area (Å²) in [6, 6.07) is 14.5. The number of hydrogen-bond donors (Lipinski definition) is 2. The van der Waals surface area contributed by atoms with Gasteiger partial charge in [0.05, 0.1) is 11.4 Å². The topological polar surface area (TPSA) is 119 Å². The van der Waals surface area contributed by atoms with Crippen molar-refractivity contribution in [2.45, 2.75) is 25.4 Å². The van der Waals surface area contributed by atoms with Crippen molar-refractivity contribution in [3.8, 4) is 11.3 Å². The van der Waals surface area contributed by atoms with Crippen molar-refractivity contribution >= 4 is 40.3 Å². The van der Waals surface area contributed by atoms with Gasteiger partial charge in [-0.25, -0.2) is 14.6 Å². The highest BCUT2D eigenvalue weighted by molar-refractivity contribution is 6.30. The standard InChI is InChI=1S/C27H26ClN7O2/c1-2-22(36)34-12-4-7-21(15-34)35-26-23(25(29)31-16-32-26)24(33-35)18-10-8-17(9-11-18)14-30-27(37)19-5-3-6-20(28)13-19/h2-3,5-6,8-11,13,16,21H,1,4,7,12,14-15H2,(H,30,37)(H2,29,31,32)/t21-/m1/s1. The maximum absolute atomic E-state index is 12.4. The van der Waals surface area contributed by atoms with E-state index < -0.39 is 0 Å². The minimum Gasteiger partial charge on any atom is -0.383 e. The molecule has 1 aliphatic rings. The largest absolute Gasteiger partial charge is 0.383 e. The Hall–Kier alpha value is -4.24. The van der Waals surface area contributed by atoms with Crippen molar-refractivity contribution in [1.82, 2.24) is 30.0 Å². The number of carbonyl (C=O) groups excluding carboxylic acids is 2. The first kappa shape index (κ1) is 24.5. The predicted octanol–water partition coefficient (Wildman–Crippen LogP) is 4.01. The molecule has 3 heterocycles. The molecule has 188 valence electrons. The number of rotatable bonds is 6. The molecule has 1 fully saturated rings. The van der Waals surface area contributed by atoms with Crippen LogP contribution in [0.3, 0.4) is 0 Å². The Balaban J connectivity index is 1.39. The second-order valence-corrected chi connectivity index (χ2v) is 9.36. The van der Waals surface area contributed by atoms with E-state index in [9.17, 15) is 9.59 Å². The molecule has 0 spiro atoms. The lowest BCUT2D eigenvalue weighted by molar-refractivity contribution is -0.127. The summed E-state index contributed by atoms with van der Waals surface area (Å²) in [5, 5.41) is 9.00. The molecule has 9 nitrogen and oxygen atoms in total. The second kappa shape index (κ2) is 10.4. The number of nitrogens with zero attached hydrogens (tertiary/aromatic N) is 5. The number of anilines is 1. The zero-order valence-corrected chi connectivity index (χ0v) is 20.9. The van der Waals surface area contributed by atoms with Gasteiger partial charge < -0.3 is 16.0 Å². The molecule has 1 aliphatic heterocycles. The summed E-state index contributed by atoms with van der Waals surface area (Å²) >= 11 is 5.99. The van der Waals surface area contributed by atoms with E-state index in [1.54, 1.807) is 29.2 Å². The first-order valence-corrected chi connectivity index (χ1v) is 12.4. The summed E-state index contributed by atoms with van der Waals surface area (Å²) in [6.07, 6.45) is 4.50. The van der Waals surface area contributed by atoms with Gasteiger partial charge in [-0.2, -0.15) is 5.10 Å². The molecule has 10 heteroatoms. The normalized spacial score (nSPS) is 15.5. The minimum atomic E-state index is -0.197. The number of aromatic nitrogens is 4. The molecule has 37 heavy (non-hydrogen) atoms. The predicted molar refractivity (Wildman–Crippen MR) is 143 cm³/mol. The molecule has 3 N–H and O–H groups in total. The van der Waals surface area contributed by atoms with Gasteiger partial charge in [-0.1, -0.05) is 48.5 Å². The Morgan fingerprint density at radius 1 is 1.19 bits per heavy atom. The quantitative estimate of drug-likeness (QED) is 0.374. The van der Waals surface area contributed by atoms with Crippen molar-refractivity contribution in [1.29, 1.82) is 0 Å². The van der Waals surface area contributed by atoms with Gasteiger partial charge in [0, 0.05) is 35.8 Å². The number of nitrogen functional groups attached to an aromatic ring is 1. The summed E-state index contributed by atoms with van der Waals surface area (Å²) in [4.78, 5) is 35.1. The van der Waals surface area contributed by atoms with E-state index >= 15 is 0 Å². The van der Waals surface area contributed by atoms with Crippen molar-refractivity contribution in [3.63, 3.8) is 0 Å². The van der Waals surface area contributed by atoms with Crippen LogP contribution in [0.2, 0.25) is 5.02 Å². The SMILES string of the molecule is C=CC(=O)N1CCC[C@@H](n2nc(-c3ccc(CNC(=O)c4cccc(Cl)c4)cc3)c3c(N)ncnc32)C1. The summed E-state index contributed by atoms with van der Waals surface area (Å²) in [6.45, 7) is 5.19.